The Balaban J connectivity index is 2.17. The molecule has 1 fully saturated rings. The second-order valence-corrected chi connectivity index (χ2v) is 4.48. The van der Waals surface area contributed by atoms with E-state index in [0.29, 0.717) is 11.8 Å². The van der Waals surface area contributed by atoms with E-state index in [2.05, 4.69) is 12.2 Å². The lowest BCUT2D eigenvalue weighted by Gasteiger charge is -2.30. The molecule has 0 aromatic heterocycles. The third-order valence-electron chi connectivity index (χ3n) is 3.62. The van der Waals surface area contributed by atoms with Crippen molar-refractivity contribution in [2.45, 2.75) is 39.0 Å². The zero-order valence-electron chi connectivity index (χ0n) is 9.08. The second kappa shape index (κ2) is 4.17. The van der Waals surface area contributed by atoms with Crippen LogP contribution in [0.3, 0.4) is 0 Å². The van der Waals surface area contributed by atoms with Crippen LogP contribution >= 0.6 is 0 Å². The minimum Gasteiger partial charge on any atom is -0.289 e. The van der Waals surface area contributed by atoms with Crippen molar-refractivity contribution in [1.82, 2.24) is 5.32 Å². The summed E-state index contributed by atoms with van der Waals surface area (Å²) in [5.74, 6) is 0.498. The molecule has 82 valence electrons. The fourth-order valence-electron chi connectivity index (χ4n) is 2.81. The molecule has 1 aliphatic heterocycles. The maximum atomic E-state index is 11.5. The highest BCUT2D eigenvalue weighted by atomic mass is 16.2. The molecular weight excluding hydrogens is 190 g/mol. The summed E-state index contributed by atoms with van der Waals surface area (Å²) in [6.07, 6.45) is 7.30. The lowest BCUT2D eigenvalue weighted by Crippen LogP contribution is -2.28. The van der Waals surface area contributed by atoms with Crippen molar-refractivity contribution in [2.75, 3.05) is 0 Å². The predicted molar refractivity (Wildman–Crippen MR) is 57.0 cm³/mol. The normalized spacial score (nSPS) is 31.4. The molecule has 3 nitrogen and oxygen atoms in total. The maximum Gasteiger partial charge on any atom is 0.254 e. The Hall–Kier alpha value is -1.12. The summed E-state index contributed by atoms with van der Waals surface area (Å²) < 4.78 is 0. The topological polar surface area (TPSA) is 46.2 Å². The first kappa shape index (κ1) is 10.4. The van der Waals surface area contributed by atoms with Gasteiger partial charge in [-0.05, 0) is 24.7 Å². The van der Waals surface area contributed by atoms with E-state index in [-0.39, 0.29) is 11.8 Å². The van der Waals surface area contributed by atoms with Crippen molar-refractivity contribution >= 4 is 11.8 Å². The molecule has 0 aromatic rings. The molecule has 3 heteroatoms. The lowest BCUT2D eigenvalue weighted by molar-refractivity contribution is -0.124. The van der Waals surface area contributed by atoms with Crippen molar-refractivity contribution in [2.24, 2.45) is 11.8 Å². The smallest absolute Gasteiger partial charge is 0.254 e. The predicted octanol–water partition coefficient (Wildman–Crippen LogP) is 1.79. The van der Waals surface area contributed by atoms with Crippen LogP contribution in [0.1, 0.15) is 39.0 Å². The van der Waals surface area contributed by atoms with E-state index in [1.54, 1.807) is 0 Å². The molecule has 0 radical (unpaired) electrons. The SMILES string of the molecule is CCC1CCCCC1C1=CC(=O)NC1=O. The maximum absolute atomic E-state index is 11.5. The number of carbonyl (C=O) groups excluding carboxylic acids is 2. The highest BCUT2D eigenvalue weighted by Gasteiger charge is 2.33. The number of hydrogen-bond donors (Lipinski definition) is 1. The van der Waals surface area contributed by atoms with Gasteiger partial charge in [0.1, 0.15) is 0 Å². The number of amides is 2. The van der Waals surface area contributed by atoms with Gasteiger partial charge >= 0.3 is 0 Å². The average molecular weight is 207 g/mol. The van der Waals surface area contributed by atoms with Crippen molar-refractivity contribution in [3.8, 4) is 0 Å². The van der Waals surface area contributed by atoms with Crippen molar-refractivity contribution in [1.29, 1.82) is 0 Å². The first-order valence-corrected chi connectivity index (χ1v) is 5.79. The third kappa shape index (κ3) is 1.96. The zero-order valence-corrected chi connectivity index (χ0v) is 9.08. The lowest BCUT2D eigenvalue weighted by atomic mass is 9.74. The Morgan fingerprint density at radius 3 is 2.67 bits per heavy atom. The largest absolute Gasteiger partial charge is 0.289 e. The molecule has 0 bridgehead atoms. The van der Waals surface area contributed by atoms with E-state index in [1.807, 2.05) is 0 Å². The third-order valence-corrected chi connectivity index (χ3v) is 3.62. The quantitative estimate of drug-likeness (QED) is 0.702. The standard InChI is InChI=1S/C12H17NO2/c1-2-8-5-3-4-6-9(8)10-7-11(14)13-12(10)15/h7-9H,2-6H2,1H3,(H,13,14,15). The molecule has 2 aliphatic rings. The fourth-order valence-corrected chi connectivity index (χ4v) is 2.81. The van der Waals surface area contributed by atoms with Crippen LogP contribution in [-0.4, -0.2) is 11.8 Å². The molecule has 1 aliphatic carbocycles. The minimum atomic E-state index is -0.240. The van der Waals surface area contributed by atoms with E-state index in [4.69, 9.17) is 0 Å². The second-order valence-electron chi connectivity index (χ2n) is 4.48. The summed E-state index contributed by atoms with van der Waals surface area (Å²) in [5.41, 5.74) is 0.728. The molecule has 2 amide bonds. The monoisotopic (exact) mass is 207 g/mol. The van der Waals surface area contributed by atoms with Crippen LogP contribution in [0, 0.1) is 11.8 Å². The van der Waals surface area contributed by atoms with Gasteiger partial charge in [0, 0.05) is 11.6 Å². The van der Waals surface area contributed by atoms with Crippen LogP contribution in [0.15, 0.2) is 11.6 Å². The minimum absolute atomic E-state index is 0.162. The number of imide groups is 1. The number of nitrogens with one attached hydrogen (secondary N) is 1. The van der Waals surface area contributed by atoms with Crippen LogP contribution in [0.2, 0.25) is 0 Å². The molecular formula is C12H17NO2. The number of hydrogen-bond acceptors (Lipinski definition) is 2. The summed E-state index contributed by atoms with van der Waals surface area (Å²) in [7, 11) is 0. The van der Waals surface area contributed by atoms with E-state index in [0.717, 1.165) is 18.4 Å². The molecule has 1 N–H and O–H groups in total. The van der Waals surface area contributed by atoms with Crippen LogP contribution in [0.5, 0.6) is 0 Å². The zero-order chi connectivity index (χ0) is 10.8. The Bertz CT molecular complexity index is 320. The molecule has 1 saturated carbocycles. The Morgan fingerprint density at radius 1 is 1.33 bits per heavy atom. The van der Waals surface area contributed by atoms with E-state index in [1.165, 1.54) is 25.3 Å². The summed E-state index contributed by atoms with van der Waals surface area (Å²) in [6.45, 7) is 2.16. The van der Waals surface area contributed by atoms with Gasteiger partial charge in [-0.25, -0.2) is 0 Å². The Labute approximate surface area is 89.9 Å². The van der Waals surface area contributed by atoms with Crippen LogP contribution < -0.4 is 5.32 Å². The highest BCUT2D eigenvalue weighted by molar-refractivity contribution is 6.16. The van der Waals surface area contributed by atoms with Crippen LogP contribution in [-0.2, 0) is 9.59 Å². The van der Waals surface area contributed by atoms with Crippen LogP contribution in [0.25, 0.3) is 0 Å². The highest BCUT2D eigenvalue weighted by Crippen LogP contribution is 2.37. The summed E-state index contributed by atoms with van der Waals surface area (Å²) in [6, 6.07) is 0. The fraction of sp³-hybridized carbons (Fsp3) is 0.667. The molecule has 15 heavy (non-hydrogen) atoms. The van der Waals surface area contributed by atoms with Crippen molar-refractivity contribution < 1.29 is 9.59 Å². The summed E-state index contributed by atoms with van der Waals surface area (Å²) >= 11 is 0. The van der Waals surface area contributed by atoms with Crippen molar-refractivity contribution in [3.05, 3.63) is 11.6 Å². The molecule has 2 unspecified atom stereocenters. The van der Waals surface area contributed by atoms with Gasteiger partial charge in [0.15, 0.2) is 0 Å². The average Bonchev–Trinajstić information content (AvgIpc) is 2.57. The number of carbonyl (C=O) groups is 2. The Kier molecular flexibility index (Phi) is 2.89. The van der Waals surface area contributed by atoms with E-state index >= 15 is 0 Å². The van der Waals surface area contributed by atoms with Gasteiger partial charge < -0.3 is 0 Å². The first-order chi connectivity index (χ1) is 7.22. The van der Waals surface area contributed by atoms with Gasteiger partial charge in [-0.15, -0.1) is 0 Å². The number of rotatable bonds is 2. The van der Waals surface area contributed by atoms with Gasteiger partial charge in [0.05, 0.1) is 0 Å². The molecule has 2 rings (SSSR count). The van der Waals surface area contributed by atoms with Gasteiger partial charge in [0.2, 0.25) is 0 Å². The molecule has 0 saturated heterocycles. The van der Waals surface area contributed by atoms with Gasteiger partial charge in [-0.3, -0.25) is 14.9 Å². The van der Waals surface area contributed by atoms with E-state index < -0.39 is 0 Å². The molecule has 2 atom stereocenters. The molecule has 0 spiro atoms. The summed E-state index contributed by atoms with van der Waals surface area (Å²) in [5, 5.41) is 2.34. The van der Waals surface area contributed by atoms with Crippen molar-refractivity contribution in [3.63, 3.8) is 0 Å². The molecule has 1 heterocycles. The van der Waals surface area contributed by atoms with Crippen LogP contribution in [0.4, 0.5) is 0 Å². The van der Waals surface area contributed by atoms with Gasteiger partial charge in [-0.1, -0.05) is 26.2 Å². The Morgan fingerprint density at radius 2 is 2.07 bits per heavy atom. The first-order valence-electron chi connectivity index (χ1n) is 5.79. The van der Waals surface area contributed by atoms with Gasteiger partial charge in [-0.2, -0.15) is 0 Å². The van der Waals surface area contributed by atoms with E-state index in [9.17, 15) is 9.59 Å². The van der Waals surface area contributed by atoms with Gasteiger partial charge in [0.25, 0.3) is 11.8 Å². The molecule has 0 aromatic carbocycles. The summed E-state index contributed by atoms with van der Waals surface area (Å²) in [4.78, 5) is 22.6.